The Balaban J connectivity index is 2.15. The Labute approximate surface area is 113 Å². The summed E-state index contributed by atoms with van der Waals surface area (Å²) < 4.78 is 1.75. The van der Waals surface area contributed by atoms with Gasteiger partial charge in [0.1, 0.15) is 0 Å². The van der Waals surface area contributed by atoms with Gasteiger partial charge in [0.25, 0.3) is 5.91 Å². The molecule has 0 aliphatic carbocycles. The molecule has 1 aliphatic rings. The second-order valence-corrected chi connectivity index (χ2v) is 6.53. The van der Waals surface area contributed by atoms with E-state index >= 15 is 0 Å². The third-order valence-corrected chi connectivity index (χ3v) is 5.43. The van der Waals surface area contributed by atoms with Gasteiger partial charge < -0.3 is 10.2 Å². The number of hydrogen-bond acceptors (Lipinski definition) is 3. The first kappa shape index (κ1) is 12.1. The van der Waals surface area contributed by atoms with Crippen LogP contribution in [-0.2, 0) is 4.79 Å². The van der Waals surface area contributed by atoms with E-state index in [4.69, 9.17) is 0 Å². The Kier molecular flexibility index (Phi) is 3.66. The zero-order chi connectivity index (χ0) is 11.7. The highest BCUT2D eigenvalue weighted by Gasteiger charge is 2.23. The van der Waals surface area contributed by atoms with Gasteiger partial charge in [0.05, 0.1) is 15.2 Å². The van der Waals surface area contributed by atoms with Crippen molar-refractivity contribution in [2.45, 2.75) is 0 Å². The molecule has 0 aromatic carbocycles. The summed E-state index contributed by atoms with van der Waals surface area (Å²) >= 11 is 8.04. The first-order valence-electron chi connectivity index (χ1n) is 4.58. The third-order valence-electron chi connectivity index (χ3n) is 2.18. The van der Waals surface area contributed by atoms with Gasteiger partial charge in [-0.15, -0.1) is 11.3 Å². The average Bonchev–Trinajstić information content (AvgIpc) is 2.58. The lowest BCUT2D eigenvalue weighted by atomic mass is 10.3. The molecule has 16 heavy (non-hydrogen) atoms. The summed E-state index contributed by atoms with van der Waals surface area (Å²) in [6.45, 7) is 1.24. The monoisotopic (exact) mass is 366 g/mol. The fraction of sp³-hybridized carbons (Fsp3) is 0.333. The molecule has 2 heterocycles. The summed E-state index contributed by atoms with van der Waals surface area (Å²) in [7, 11) is 0. The Morgan fingerprint density at radius 2 is 2.25 bits per heavy atom. The summed E-state index contributed by atoms with van der Waals surface area (Å²) in [5.74, 6) is -0.194. The van der Waals surface area contributed by atoms with E-state index in [9.17, 15) is 9.59 Å². The van der Waals surface area contributed by atoms with Gasteiger partial charge in [0.15, 0.2) is 0 Å². The molecule has 7 heteroatoms. The summed E-state index contributed by atoms with van der Waals surface area (Å²) in [5, 5.41) is 2.69. The van der Waals surface area contributed by atoms with Crippen LogP contribution in [0.4, 0.5) is 0 Å². The lowest BCUT2D eigenvalue weighted by Gasteiger charge is -2.26. The zero-order valence-corrected chi connectivity index (χ0v) is 12.1. The first-order chi connectivity index (χ1) is 7.58. The van der Waals surface area contributed by atoms with Gasteiger partial charge in [-0.3, -0.25) is 9.59 Å². The average molecular weight is 368 g/mol. The molecule has 2 rings (SSSR count). The minimum absolute atomic E-state index is 0.0914. The van der Waals surface area contributed by atoms with Crippen LogP contribution in [0.3, 0.4) is 0 Å². The van der Waals surface area contributed by atoms with Crippen molar-refractivity contribution in [2.24, 2.45) is 0 Å². The second kappa shape index (κ2) is 4.85. The maximum atomic E-state index is 12.0. The van der Waals surface area contributed by atoms with Crippen LogP contribution in [0.1, 0.15) is 9.67 Å². The largest absolute Gasteiger partial charge is 0.353 e. The highest BCUT2D eigenvalue weighted by molar-refractivity contribution is 9.13. The molecule has 0 spiro atoms. The molecular formula is C9H8Br2N2O2S. The van der Waals surface area contributed by atoms with Crippen LogP contribution < -0.4 is 5.32 Å². The van der Waals surface area contributed by atoms with Crippen molar-refractivity contribution in [3.8, 4) is 0 Å². The number of rotatable bonds is 1. The first-order valence-corrected chi connectivity index (χ1v) is 6.99. The molecular weight excluding hydrogens is 360 g/mol. The number of amides is 2. The van der Waals surface area contributed by atoms with Crippen LogP contribution in [0.15, 0.2) is 14.3 Å². The van der Waals surface area contributed by atoms with Crippen molar-refractivity contribution < 1.29 is 9.59 Å². The molecule has 1 N–H and O–H groups in total. The fourth-order valence-corrected chi connectivity index (χ4v) is 3.42. The number of piperazine rings is 1. The minimum Gasteiger partial charge on any atom is -0.353 e. The Hall–Kier alpha value is -0.400. The predicted molar refractivity (Wildman–Crippen MR) is 68.6 cm³/mol. The molecule has 1 saturated heterocycles. The van der Waals surface area contributed by atoms with E-state index in [0.717, 1.165) is 8.26 Å². The molecule has 1 fully saturated rings. The minimum atomic E-state index is -0.103. The number of hydrogen-bond donors (Lipinski definition) is 1. The zero-order valence-electron chi connectivity index (χ0n) is 8.13. The lowest BCUT2D eigenvalue weighted by Crippen LogP contribution is -2.49. The van der Waals surface area contributed by atoms with E-state index in [-0.39, 0.29) is 18.4 Å². The Morgan fingerprint density at radius 1 is 1.50 bits per heavy atom. The van der Waals surface area contributed by atoms with Crippen LogP contribution in [0.5, 0.6) is 0 Å². The summed E-state index contributed by atoms with van der Waals surface area (Å²) in [6.07, 6.45) is 0. The molecule has 0 bridgehead atoms. The molecule has 0 radical (unpaired) electrons. The maximum Gasteiger partial charge on any atom is 0.264 e. The molecule has 1 aromatic rings. The van der Waals surface area contributed by atoms with Gasteiger partial charge in [-0.05, 0) is 37.9 Å². The fourth-order valence-electron chi connectivity index (χ4n) is 1.42. The molecule has 2 amide bonds. The van der Waals surface area contributed by atoms with Crippen molar-refractivity contribution in [3.05, 3.63) is 19.2 Å². The standard InChI is InChI=1S/C9H8Br2N2O2S/c10-5-3-6(16-8(5)11)9(15)13-2-1-12-7(14)4-13/h3H,1-2,4H2,(H,12,14). The number of carbonyl (C=O) groups is 2. The van der Waals surface area contributed by atoms with Crippen LogP contribution in [0.25, 0.3) is 0 Å². The number of halogens is 2. The molecule has 1 aliphatic heterocycles. The number of carbonyl (C=O) groups excluding carboxylic acids is 2. The summed E-state index contributed by atoms with van der Waals surface area (Å²) in [5.41, 5.74) is 0. The Morgan fingerprint density at radius 3 is 2.81 bits per heavy atom. The maximum absolute atomic E-state index is 12.0. The Bertz CT molecular complexity index is 427. The van der Waals surface area contributed by atoms with Crippen LogP contribution >= 0.6 is 43.2 Å². The molecule has 0 unspecified atom stereocenters. The number of nitrogens with zero attached hydrogens (tertiary/aromatic N) is 1. The number of nitrogens with one attached hydrogen (secondary N) is 1. The van der Waals surface area contributed by atoms with Gasteiger partial charge in [0.2, 0.25) is 5.91 Å². The van der Waals surface area contributed by atoms with Crippen molar-refractivity contribution in [1.29, 1.82) is 0 Å². The van der Waals surface area contributed by atoms with Crippen molar-refractivity contribution in [3.63, 3.8) is 0 Å². The molecule has 0 atom stereocenters. The van der Waals surface area contributed by atoms with E-state index in [1.54, 1.807) is 11.0 Å². The highest BCUT2D eigenvalue weighted by atomic mass is 79.9. The molecule has 1 aromatic heterocycles. The predicted octanol–water partition coefficient (Wildman–Crippen LogP) is 1.85. The molecule has 86 valence electrons. The van der Waals surface area contributed by atoms with Gasteiger partial charge in [0, 0.05) is 17.6 Å². The van der Waals surface area contributed by atoms with E-state index in [1.165, 1.54) is 11.3 Å². The number of thiophene rings is 1. The van der Waals surface area contributed by atoms with Gasteiger partial charge in [-0.2, -0.15) is 0 Å². The van der Waals surface area contributed by atoms with Crippen LogP contribution in [0.2, 0.25) is 0 Å². The lowest BCUT2D eigenvalue weighted by molar-refractivity contribution is -0.123. The highest BCUT2D eigenvalue weighted by Crippen LogP contribution is 2.32. The van der Waals surface area contributed by atoms with Crippen LogP contribution in [0, 0.1) is 0 Å². The normalized spacial score (nSPS) is 16.1. The van der Waals surface area contributed by atoms with Gasteiger partial charge in [-0.25, -0.2) is 0 Å². The van der Waals surface area contributed by atoms with E-state index in [1.807, 2.05) is 0 Å². The van der Waals surface area contributed by atoms with Crippen LogP contribution in [-0.4, -0.2) is 36.3 Å². The smallest absolute Gasteiger partial charge is 0.264 e. The van der Waals surface area contributed by atoms with Crippen molar-refractivity contribution in [1.82, 2.24) is 10.2 Å². The summed E-state index contributed by atoms with van der Waals surface area (Å²) in [4.78, 5) is 25.4. The van der Waals surface area contributed by atoms with E-state index in [0.29, 0.717) is 18.0 Å². The van der Waals surface area contributed by atoms with E-state index in [2.05, 4.69) is 37.2 Å². The SMILES string of the molecule is O=C1CN(C(=O)c2cc(Br)c(Br)s2)CCN1. The molecule has 4 nitrogen and oxygen atoms in total. The van der Waals surface area contributed by atoms with Gasteiger partial charge in [-0.1, -0.05) is 0 Å². The topological polar surface area (TPSA) is 49.4 Å². The van der Waals surface area contributed by atoms with Crippen molar-refractivity contribution in [2.75, 3.05) is 19.6 Å². The van der Waals surface area contributed by atoms with Crippen molar-refractivity contribution >= 4 is 55.0 Å². The quantitative estimate of drug-likeness (QED) is 0.823. The van der Waals surface area contributed by atoms with Gasteiger partial charge >= 0.3 is 0 Å². The molecule has 0 saturated carbocycles. The summed E-state index contributed by atoms with van der Waals surface area (Å²) in [6, 6.07) is 1.77. The second-order valence-electron chi connectivity index (χ2n) is 3.31. The third kappa shape index (κ3) is 2.46. The van der Waals surface area contributed by atoms with E-state index < -0.39 is 0 Å².